The third-order valence-corrected chi connectivity index (χ3v) is 6.53. The third-order valence-electron chi connectivity index (χ3n) is 4.85. The summed E-state index contributed by atoms with van der Waals surface area (Å²) in [6.45, 7) is 3.59. The number of anilines is 1. The monoisotopic (exact) mass is 396 g/mol. The molecule has 7 nitrogen and oxygen atoms in total. The highest BCUT2D eigenvalue weighted by atomic mass is 32.2. The van der Waals surface area contributed by atoms with E-state index in [1.807, 2.05) is 17.0 Å². The van der Waals surface area contributed by atoms with Crippen molar-refractivity contribution in [2.45, 2.75) is 16.8 Å². The van der Waals surface area contributed by atoms with E-state index in [2.05, 4.69) is 9.97 Å². The molecule has 144 valence electrons. The molecule has 0 saturated carbocycles. The van der Waals surface area contributed by atoms with Crippen molar-refractivity contribution in [3.05, 3.63) is 54.6 Å². The summed E-state index contributed by atoms with van der Waals surface area (Å²) in [5.74, 6) is 0.354. The van der Waals surface area contributed by atoms with Crippen molar-refractivity contribution in [2.24, 2.45) is 0 Å². The molecule has 1 fully saturated rings. The van der Waals surface area contributed by atoms with Crippen molar-refractivity contribution in [1.29, 1.82) is 0 Å². The van der Waals surface area contributed by atoms with Gasteiger partial charge in [-0.1, -0.05) is 30.3 Å². The van der Waals surface area contributed by atoms with Crippen LogP contribution in [0.5, 0.6) is 0 Å². The number of carbonyl (C=O) groups is 1. The first-order valence-corrected chi connectivity index (χ1v) is 10.5. The number of aromatic nitrogens is 2. The molecule has 0 atom stereocenters. The fourth-order valence-electron chi connectivity index (χ4n) is 3.31. The number of piperazine rings is 1. The number of amides is 1. The minimum Gasteiger partial charge on any atom is -0.351 e. The molecule has 4 rings (SSSR count). The van der Waals surface area contributed by atoms with Gasteiger partial charge in [-0.25, -0.2) is 18.4 Å². The number of nitrogens with zero attached hydrogens (tertiary/aromatic N) is 4. The Hall–Kier alpha value is -3.00. The average Bonchev–Trinajstić information content (AvgIpc) is 2.73. The smallest absolute Gasteiger partial charge is 0.227 e. The van der Waals surface area contributed by atoms with E-state index >= 15 is 0 Å². The van der Waals surface area contributed by atoms with Gasteiger partial charge in [-0.15, -0.1) is 0 Å². The highest BCUT2D eigenvalue weighted by Gasteiger charge is 2.30. The summed E-state index contributed by atoms with van der Waals surface area (Å²) in [5.41, 5.74) is 1.17. The fourth-order valence-corrected chi connectivity index (χ4v) is 4.68. The number of rotatable bonds is 3. The molecule has 0 aliphatic carbocycles. The van der Waals surface area contributed by atoms with E-state index in [4.69, 9.17) is 0 Å². The summed E-state index contributed by atoms with van der Waals surface area (Å²) < 4.78 is 26.6. The van der Waals surface area contributed by atoms with Gasteiger partial charge in [0.15, 0.2) is 5.82 Å². The first-order chi connectivity index (χ1) is 13.5. The molecule has 1 saturated heterocycles. The zero-order valence-electron chi connectivity index (χ0n) is 15.4. The van der Waals surface area contributed by atoms with Crippen molar-refractivity contribution < 1.29 is 13.2 Å². The molecule has 8 heteroatoms. The second-order valence-electron chi connectivity index (χ2n) is 6.65. The Labute approximate surface area is 163 Å². The quantitative estimate of drug-likeness (QED) is 0.674. The number of carbonyl (C=O) groups excluding carboxylic acids is 1. The number of fused-ring (bicyclic) bond motifs is 1. The van der Waals surface area contributed by atoms with Crippen LogP contribution in [-0.2, 0) is 14.6 Å². The topological polar surface area (TPSA) is 83.5 Å². The van der Waals surface area contributed by atoms with Crippen LogP contribution in [0.3, 0.4) is 0 Å². The normalized spacial score (nSPS) is 15.0. The van der Waals surface area contributed by atoms with E-state index in [0.29, 0.717) is 43.0 Å². The van der Waals surface area contributed by atoms with Gasteiger partial charge in [0.25, 0.3) is 0 Å². The lowest BCUT2D eigenvalue weighted by atomic mass is 10.3. The molecule has 2 aromatic carbocycles. The van der Waals surface area contributed by atoms with E-state index < -0.39 is 9.84 Å². The molecule has 1 aliphatic heterocycles. The van der Waals surface area contributed by atoms with Crippen LogP contribution in [0, 0.1) is 0 Å². The van der Waals surface area contributed by atoms with Crippen LogP contribution in [0.2, 0.25) is 0 Å². The Balaban J connectivity index is 1.83. The Morgan fingerprint density at radius 1 is 0.857 bits per heavy atom. The van der Waals surface area contributed by atoms with E-state index in [9.17, 15) is 13.2 Å². The molecule has 1 aromatic heterocycles. The fraction of sp³-hybridized carbons (Fsp3) is 0.250. The van der Waals surface area contributed by atoms with Crippen molar-refractivity contribution >= 4 is 32.6 Å². The summed E-state index contributed by atoms with van der Waals surface area (Å²) in [6.07, 6.45) is 0. The molecule has 2 heterocycles. The maximum atomic E-state index is 13.3. The molecular formula is C20H20N4O3S. The minimum absolute atomic E-state index is 0.0152. The summed E-state index contributed by atoms with van der Waals surface area (Å²) in [4.78, 5) is 24.6. The SMILES string of the molecule is CC(=O)N1CCN(c2nc3ccccc3nc2S(=O)(=O)c2ccccc2)CC1. The van der Waals surface area contributed by atoms with Gasteiger partial charge in [-0.3, -0.25) is 4.79 Å². The van der Waals surface area contributed by atoms with Gasteiger partial charge < -0.3 is 9.80 Å². The van der Waals surface area contributed by atoms with E-state index in [-0.39, 0.29) is 15.8 Å². The molecule has 3 aromatic rings. The summed E-state index contributed by atoms with van der Waals surface area (Å²) in [5, 5.41) is -0.0475. The van der Waals surface area contributed by atoms with E-state index in [1.165, 1.54) is 6.92 Å². The Bertz CT molecular complexity index is 1120. The second kappa shape index (κ2) is 7.20. The largest absolute Gasteiger partial charge is 0.351 e. The van der Waals surface area contributed by atoms with Crippen LogP contribution in [-0.4, -0.2) is 55.4 Å². The predicted molar refractivity (Wildman–Crippen MR) is 106 cm³/mol. The molecule has 0 spiro atoms. The number of benzene rings is 2. The summed E-state index contributed by atoms with van der Waals surface area (Å²) >= 11 is 0. The average molecular weight is 396 g/mol. The molecule has 1 aliphatic rings. The molecule has 0 radical (unpaired) electrons. The van der Waals surface area contributed by atoms with Crippen LogP contribution in [0.4, 0.5) is 5.82 Å². The summed E-state index contributed by atoms with van der Waals surface area (Å²) in [6, 6.07) is 15.5. The Morgan fingerprint density at radius 2 is 1.43 bits per heavy atom. The van der Waals surface area contributed by atoms with Crippen LogP contribution in [0.1, 0.15) is 6.92 Å². The van der Waals surface area contributed by atoms with Gasteiger partial charge >= 0.3 is 0 Å². The Kier molecular flexibility index (Phi) is 4.72. The van der Waals surface area contributed by atoms with Crippen molar-refractivity contribution in [1.82, 2.24) is 14.9 Å². The number of sulfone groups is 1. The van der Waals surface area contributed by atoms with Crippen LogP contribution in [0.15, 0.2) is 64.5 Å². The van der Waals surface area contributed by atoms with Gasteiger partial charge in [-0.05, 0) is 24.3 Å². The molecule has 28 heavy (non-hydrogen) atoms. The lowest BCUT2D eigenvalue weighted by Crippen LogP contribution is -2.48. The second-order valence-corrected chi connectivity index (χ2v) is 8.52. The van der Waals surface area contributed by atoms with Gasteiger partial charge in [0.1, 0.15) is 0 Å². The van der Waals surface area contributed by atoms with Gasteiger partial charge in [0.05, 0.1) is 15.9 Å². The maximum absolute atomic E-state index is 13.3. The first kappa shape index (κ1) is 18.4. The van der Waals surface area contributed by atoms with Crippen LogP contribution < -0.4 is 4.90 Å². The van der Waals surface area contributed by atoms with Crippen molar-refractivity contribution in [2.75, 3.05) is 31.1 Å². The Morgan fingerprint density at radius 3 is 2.04 bits per heavy atom. The maximum Gasteiger partial charge on any atom is 0.227 e. The number of hydrogen-bond acceptors (Lipinski definition) is 6. The highest BCUT2D eigenvalue weighted by molar-refractivity contribution is 7.91. The van der Waals surface area contributed by atoms with E-state index in [0.717, 1.165) is 0 Å². The summed E-state index contributed by atoms with van der Waals surface area (Å²) in [7, 11) is -3.84. The minimum atomic E-state index is -3.84. The molecule has 0 bridgehead atoms. The van der Waals surface area contributed by atoms with Crippen LogP contribution in [0.25, 0.3) is 11.0 Å². The molecule has 1 amide bonds. The zero-order valence-corrected chi connectivity index (χ0v) is 16.3. The number of para-hydroxylation sites is 2. The molecular weight excluding hydrogens is 376 g/mol. The zero-order chi connectivity index (χ0) is 19.7. The van der Waals surface area contributed by atoms with Crippen molar-refractivity contribution in [3.8, 4) is 0 Å². The lowest BCUT2D eigenvalue weighted by Gasteiger charge is -2.35. The standard InChI is InChI=1S/C20H20N4O3S/c1-15(25)23-11-13-24(14-12-23)19-20(22-18-10-6-5-9-17(18)21-19)28(26,27)16-7-3-2-4-8-16/h2-10H,11-14H2,1H3. The number of hydrogen-bond donors (Lipinski definition) is 0. The van der Waals surface area contributed by atoms with Gasteiger partial charge in [0, 0.05) is 33.1 Å². The lowest BCUT2D eigenvalue weighted by molar-refractivity contribution is -0.129. The highest BCUT2D eigenvalue weighted by Crippen LogP contribution is 2.30. The van der Waals surface area contributed by atoms with Gasteiger partial charge in [-0.2, -0.15) is 0 Å². The van der Waals surface area contributed by atoms with Crippen molar-refractivity contribution in [3.63, 3.8) is 0 Å². The predicted octanol–water partition coefficient (Wildman–Crippen LogP) is 2.13. The first-order valence-electron chi connectivity index (χ1n) is 9.04. The molecule has 0 N–H and O–H groups in total. The van der Waals surface area contributed by atoms with Crippen LogP contribution >= 0.6 is 0 Å². The van der Waals surface area contributed by atoms with E-state index in [1.54, 1.807) is 47.4 Å². The molecule has 0 unspecified atom stereocenters. The van der Waals surface area contributed by atoms with Gasteiger partial charge in [0.2, 0.25) is 20.8 Å². The third kappa shape index (κ3) is 3.31.